The predicted octanol–water partition coefficient (Wildman–Crippen LogP) is 3.77. The minimum Gasteiger partial charge on any atom is -0.339 e. The summed E-state index contributed by atoms with van der Waals surface area (Å²) in [6, 6.07) is 12.8. The highest BCUT2D eigenvalue weighted by atomic mass is 35.5. The van der Waals surface area contributed by atoms with Crippen LogP contribution in [0.25, 0.3) is 11.4 Å². The lowest BCUT2D eigenvalue weighted by atomic mass is 9.98. The van der Waals surface area contributed by atoms with Crippen LogP contribution < -0.4 is 0 Å². The van der Waals surface area contributed by atoms with Crippen molar-refractivity contribution in [2.45, 2.75) is 5.92 Å². The van der Waals surface area contributed by atoms with Gasteiger partial charge in [0.25, 0.3) is 5.91 Å². The molecule has 2 heterocycles. The Kier molecular flexibility index (Phi) is 3.97. The van der Waals surface area contributed by atoms with Gasteiger partial charge in [-0.3, -0.25) is 4.79 Å². The van der Waals surface area contributed by atoms with Gasteiger partial charge < -0.3 is 9.42 Å². The van der Waals surface area contributed by atoms with Gasteiger partial charge in [0.15, 0.2) is 0 Å². The van der Waals surface area contributed by atoms with Crippen LogP contribution in [0.4, 0.5) is 4.39 Å². The second kappa shape index (κ2) is 6.29. The number of aromatic nitrogens is 2. The van der Waals surface area contributed by atoms with E-state index >= 15 is 0 Å². The highest BCUT2D eigenvalue weighted by molar-refractivity contribution is 6.30. The Bertz CT molecular complexity index is 920. The molecule has 1 amide bonds. The number of carbonyl (C=O) groups is 1. The van der Waals surface area contributed by atoms with Crippen LogP contribution in [-0.4, -0.2) is 34.0 Å². The van der Waals surface area contributed by atoms with Crippen LogP contribution in [0.3, 0.4) is 0 Å². The van der Waals surface area contributed by atoms with Crippen LogP contribution in [0.1, 0.15) is 22.2 Å². The van der Waals surface area contributed by atoms with Crippen LogP contribution in [0.15, 0.2) is 53.1 Å². The molecular formula is C18H13ClFN3O2. The molecule has 0 radical (unpaired) electrons. The summed E-state index contributed by atoms with van der Waals surface area (Å²) < 4.78 is 18.6. The third-order valence-electron chi connectivity index (χ3n) is 4.13. The van der Waals surface area contributed by atoms with E-state index in [1.165, 1.54) is 12.1 Å². The summed E-state index contributed by atoms with van der Waals surface area (Å²) >= 11 is 5.83. The molecule has 1 aliphatic heterocycles. The van der Waals surface area contributed by atoms with Gasteiger partial charge in [-0.15, -0.1) is 0 Å². The molecular weight excluding hydrogens is 345 g/mol. The van der Waals surface area contributed by atoms with Gasteiger partial charge in [0.2, 0.25) is 11.7 Å². The van der Waals surface area contributed by atoms with Crippen molar-refractivity contribution < 1.29 is 13.7 Å². The summed E-state index contributed by atoms with van der Waals surface area (Å²) in [5.41, 5.74) is 1.15. The maximum absolute atomic E-state index is 13.3. The second-order valence-corrected chi connectivity index (χ2v) is 6.32. The smallest absolute Gasteiger partial charge is 0.253 e. The van der Waals surface area contributed by atoms with Crippen LogP contribution in [-0.2, 0) is 0 Å². The molecule has 126 valence electrons. The summed E-state index contributed by atoms with van der Waals surface area (Å²) in [6.45, 7) is 1.01. The van der Waals surface area contributed by atoms with Gasteiger partial charge in [-0.05, 0) is 36.4 Å². The molecule has 0 unspecified atom stereocenters. The molecule has 7 heteroatoms. The van der Waals surface area contributed by atoms with E-state index in [0.29, 0.717) is 41.0 Å². The van der Waals surface area contributed by atoms with Crippen molar-refractivity contribution in [1.82, 2.24) is 15.0 Å². The largest absolute Gasteiger partial charge is 0.339 e. The topological polar surface area (TPSA) is 59.2 Å². The highest BCUT2D eigenvalue weighted by Gasteiger charge is 2.36. The molecule has 0 N–H and O–H groups in total. The summed E-state index contributed by atoms with van der Waals surface area (Å²) in [5, 5.41) is 4.49. The molecule has 4 rings (SSSR count). The monoisotopic (exact) mass is 357 g/mol. The summed E-state index contributed by atoms with van der Waals surface area (Å²) in [5.74, 6) is 0.382. The SMILES string of the molecule is O=C(c1ccc(Cl)cc1)N1CC(c2nc(-c3cccc(F)c3)no2)C1. The van der Waals surface area contributed by atoms with Gasteiger partial charge in [0.1, 0.15) is 5.82 Å². The Hall–Kier alpha value is -2.73. The van der Waals surface area contributed by atoms with Crippen LogP contribution >= 0.6 is 11.6 Å². The van der Waals surface area contributed by atoms with Gasteiger partial charge in [0, 0.05) is 29.2 Å². The Morgan fingerprint density at radius 1 is 1.20 bits per heavy atom. The third kappa shape index (κ3) is 3.13. The lowest BCUT2D eigenvalue weighted by molar-refractivity contribution is 0.0569. The van der Waals surface area contributed by atoms with Crippen molar-refractivity contribution >= 4 is 17.5 Å². The van der Waals surface area contributed by atoms with Gasteiger partial charge in [-0.2, -0.15) is 4.98 Å². The molecule has 1 fully saturated rings. The van der Waals surface area contributed by atoms with Crippen molar-refractivity contribution in [2.75, 3.05) is 13.1 Å². The molecule has 1 aromatic heterocycles. The van der Waals surface area contributed by atoms with Gasteiger partial charge in [-0.1, -0.05) is 28.9 Å². The fraction of sp³-hybridized carbons (Fsp3) is 0.167. The number of halogens is 2. The number of benzene rings is 2. The van der Waals surface area contributed by atoms with Crippen LogP contribution in [0.2, 0.25) is 5.02 Å². The van der Waals surface area contributed by atoms with Gasteiger partial charge in [-0.25, -0.2) is 4.39 Å². The Labute approximate surface area is 148 Å². The maximum atomic E-state index is 13.3. The van der Waals surface area contributed by atoms with Gasteiger partial charge in [0.05, 0.1) is 5.92 Å². The predicted molar refractivity (Wildman–Crippen MR) is 89.8 cm³/mol. The van der Waals surface area contributed by atoms with Crippen molar-refractivity contribution in [3.63, 3.8) is 0 Å². The van der Waals surface area contributed by atoms with Gasteiger partial charge >= 0.3 is 0 Å². The number of amides is 1. The average molecular weight is 358 g/mol. The zero-order valence-corrected chi connectivity index (χ0v) is 13.8. The Morgan fingerprint density at radius 2 is 1.96 bits per heavy atom. The normalized spacial score (nSPS) is 14.4. The first-order valence-electron chi connectivity index (χ1n) is 7.74. The average Bonchev–Trinajstić information content (AvgIpc) is 3.03. The second-order valence-electron chi connectivity index (χ2n) is 5.88. The minimum atomic E-state index is -0.354. The molecule has 0 bridgehead atoms. The molecule has 1 saturated heterocycles. The number of nitrogens with zero attached hydrogens (tertiary/aromatic N) is 3. The number of likely N-dealkylation sites (tertiary alicyclic amines) is 1. The zero-order valence-electron chi connectivity index (χ0n) is 13.0. The standard InChI is InChI=1S/C18H13ClFN3O2/c19-14-6-4-11(5-7-14)18(24)23-9-13(10-23)17-21-16(22-25-17)12-2-1-3-15(20)8-12/h1-8,13H,9-10H2. The Morgan fingerprint density at radius 3 is 2.68 bits per heavy atom. The number of rotatable bonds is 3. The fourth-order valence-electron chi connectivity index (χ4n) is 2.72. The quantitative estimate of drug-likeness (QED) is 0.716. The Balaban J connectivity index is 1.42. The minimum absolute atomic E-state index is 0.00828. The van der Waals surface area contributed by atoms with E-state index < -0.39 is 0 Å². The lowest BCUT2D eigenvalue weighted by Crippen LogP contribution is -2.48. The molecule has 0 atom stereocenters. The molecule has 3 aromatic rings. The van der Waals surface area contributed by atoms with Crippen molar-refractivity contribution in [3.05, 3.63) is 70.8 Å². The first-order chi connectivity index (χ1) is 12.1. The highest BCUT2D eigenvalue weighted by Crippen LogP contribution is 2.29. The molecule has 0 saturated carbocycles. The number of carbonyl (C=O) groups excluding carboxylic acids is 1. The van der Waals surface area contributed by atoms with E-state index in [4.69, 9.17) is 16.1 Å². The summed E-state index contributed by atoms with van der Waals surface area (Å²) in [4.78, 5) is 18.4. The summed E-state index contributed by atoms with van der Waals surface area (Å²) in [7, 11) is 0. The first kappa shape index (κ1) is 15.8. The zero-order chi connectivity index (χ0) is 17.4. The molecule has 5 nitrogen and oxygen atoms in total. The van der Waals surface area contributed by atoms with E-state index in [0.717, 1.165) is 0 Å². The molecule has 0 aliphatic carbocycles. The maximum Gasteiger partial charge on any atom is 0.253 e. The molecule has 2 aromatic carbocycles. The van der Waals surface area contributed by atoms with E-state index in [-0.39, 0.29) is 17.6 Å². The van der Waals surface area contributed by atoms with Crippen molar-refractivity contribution in [2.24, 2.45) is 0 Å². The molecule has 0 spiro atoms. The van der Waals surface area contributed by atoms with Crippen LogP contribution in [0, 0.1) is 5.82 Å². The molecule has 1 aliphatic rings. The third-order valence-corrected chi connectivity index (χ3v) is 4.39. The van der Waals surface area contributed by atoms with E-state index in [9.17, 15) is 9.18 Å². The van der Waals surface area contributed by atoms with E-state index in [1.807, 2.05) is 0 Å². The first-order valence-corrected chi connectivity index (χ1v) is 8.12. The van der Waals surface area contributed by atoms with Crippen LogP contribution in [0.5, 0.6) is 0 Å². The fourth-order valence-corrected chi connectivity index (χ4v) is 2.85. The van der Waals surface area contributed by atoms with E-state index in [1.54, 1.807) is 41.3 Å². The van der Waals surface area contributed by atoms with E-state index in [2.05, 4.69) is 10.1 Å². The number of hydrogen-bond acceptors (Lipinski definition) is 4. The van der Waals surface area contributed by atoms with Crippen molar-refractivity contribution in [3.8, 4) is 11.4 Å². The van der Waals surface area contributed by atoms with Crippen molar-refractivity contribution in [1.29, 1.82) is 0 Å². The molecule has 25 heavy (non-hydrogen) atoms. The number of hydrogen-bond donors (Lipinski definition) is 0. The lowest BCUT2D eigenvalue weighted by Gasteiger charge is -2.37. The summed E-state index contributed by atoms with van der Waals surface area (Å²) in [6.07, 6.45) is 0.